The lowest BCUT2D eigenvalue weighted by molar-refractivity contribution is 0.0953. The Labute approximate surface area is 153 Å². The molecule has 1 unspecified atom stereocenters. The zero-order valence-corrected chi connectivity index (χ0v) is 15.2. The van der Waals surface area contributed by atoms with Gasteiger partial charge in [0.15, 0.2) is 11.6 Å². The van der Waals surface area contributed by atoms with Crippen LogP contribution in [0.3, 0.4) is 0 Å². The Balaban J connectivity index is 1.78. The molecule has 1 heterocycles. The molecule has 0 saturated heterocycles. The standard InChI is InChI=1S/C22H23N3O/c1-3-16-9-11-17(12-10-16)23-22-21-19(13-15(2)14-20(21)26)25(24-22)18-7-5-4-6-8-18/h4-12,15H,3,13-14H2,1-2H3,(H,23,24). The minimum Gasteiger partial charge on any atom is -0.338 e. The zero-order chi connectivity index (χ0) is 18.1. The van der Waals surface area contributed by atoms with Crippen molar-refractivity contribution in [2.45, 2.75) is 33.1 Å². The van der Waals surface area contributed by atoms with Gasteiger partial charge in [0.05, 0.1) is 16.9 Å². The van der Waals surface area contributed by atoms with E-state index < -0.39 is 0 Å². The number of carbonyl (C=O) groups is 1. The van der Waals surface area contributed by atoms with Gasteiger partial charge in [-0.05, 0) is 48.6 Å². The largest absolute Gasteiger partial charge is 0.338 e. The Morgan fingerprint density at radius 2 is 1.81 bits per heavy atom. The van der Waals surface area contributed by atoms with Crippen LogP contribution in [0.2, 0.25) is 0 Å². The molecule has 1 aromatic heterocycles. The van der Waals surface area contributed by atoms with Gasteiger partial charge in [0.1, 0.15) is 0 Å². The van der Waals surface area contributed by atoms with Crippen molar-refractivity contribution >= 4 is 17.3 Å². The average Bonchev–Trinajstić information content (AvgIpc) is 3.01. The third-order valence-electron chi connectivity index (χ3n) is 4.96. The van der Waals surface area contributed by atoms with Crippen molar-refractivity contribution in [3.63, 3.8) is 0 Å². The Morgan fingerprint density at radius 1 is 1.08 bits per heavy atom. The second-order valence-electron chi connectivity index (χ2n) is 7.03. The number of nitrogens with one attached hydrogen (secondary N) is 1. The number of benzene rings is 2. The molecule has 0 radical (unpaired) electrons. The molecule has 26 heavy (non-hydrogen) atoms. The number of aryl methyl sites for hydroxylation is 1. The van der Waals surface area contributed by atoms with Gasteiger partial charge < -0.3 is 5.32 Å². The summed E-state index contributed by atoms with van der Waals surface area (Å²) in [5.41, 5.74) is 4.98. The van der Waals surface area contributed by atoms with E-state index in [9.17, 15) is 4.79 Å². The van der Waals surface area contributed by atoms with Crippen molar-refractivity contribution < 1.29 is 4.79 Å². The molecule has 4 nitrogen and oxygen atoms in total. The molecule has 4 heteroatoms. The van der Waals surface area contributed by atoms with Gasteiger partial charge in [-0.1, -0.05) is 44.2 Å². The summed E-state index contributed by atoms with van der Waals surface area (Å²) >= 11 is 0. The van der Waals surface area contributed by atoms with E-state index in [-0.39, 0.29) is 5.78 Å². The first kappa shape index (κ1) is 16.6. The van der Waals surface area contributed by atoms with Crippen molar-refractivity contribution in [2.75, 3.05) is 5.32 Å². The second kappa shape index (κ2) is 6.79. The highest BCUT2D eigenvalue weighted by atomic mass is 16.1. The summed E-state index contributed by atoms with van der Waals surface area (Å²) in [7, 11) is 0. The number of hydrogen-bond donors (Lipinski definition) is 1. The zero-order valence-electron chi connectivity index (χ0n) is 15.2. The van der Waals surface area contributed by atoms with Gasteiger partial charge in [-0.3, -0.25) is 4.79 Å². The smallest absolute Gasteiger partial charge is 0.168 e. The molecule has 0 spiro atoms. The number of ketones is 1. The lowest BCUT2D eigenvalue weighted by Crippen LogP contribution is -2.19. The van der Waals surface area contributed by atoms with E-state index in [1.165, 1.54) is 5.56 Å². The van der Waals surface area contributed by atoms with E-state index in [4.69, 9.17) is 5.10 Å². The highest BCUT2D eigenvalue weighted by molar-refractivity contribution is 6.03. The van der Waals surface area contributed by atoms with Crippen LogP contribution in [0, 0.1) is 5.92 Å². The van der Waals surface area contributed by atoms with Crippen LogP contribution in [0.15, 0.2) is 54.6 Å². The van der Waals surface area contributed by atoms with Gasteiger partial charge >= 0.3 is 0 Å². The van der Waals surface area contributed by atoms with E-state index >= 15 is 0 Å². The molecule has 1 atom stereocenters. The van der Waals surface area contributed by atoms with Crippen molar-refractivity contribution in [1.29, 1.82) is 0 Å². The van der Waals surface area contributed by atoms with Crippen molar-refractivity contribution in [2.24, 2.45) is 5.92 Å². The molecule has 1 N–H and O–H groups in total. The maximum Gasteiger partial charge on any atom is 0.168 e. The lowest BCUT2D eigenvalue weighted by atomic mass is 9.87. The fraction of sp³-hybridized carbons (Fsp3) is 0.273. The summed E-state index contributed by atoms with van der Waals surface area (Å²) in [6, 6.07) is 18.3. The van der Waals surface area contributed by atoms with Crippen LogP contribution in [-0.4, -0.2) is 15.6 Å². The van der Waals surface area contributed by atoms with Crippen LogP contribution in [0.25, 0.3) is 5.69 Å². The Bertz CT molecular complexity index is 926. The third-order valence-corrected chi connectivity index (χ3v) is 4.96. The van der Waals surface area contributed by atoms with Gasteiger partial charge in [-0.2, -0.15) is 0 Å². The Hall–Kier alpha value is -2.88. The normalized spacial score (nSPS) is 16.4. The molecule has 132 valence electrons. The van der Waals surface area contributed by atoms with Gasteiger partial charge in [-0.15, -0.1) is 5.10 Å². The molecule has 3 aromatic rings. The van der Waals surface area contributed by atoms with Gasteiger partial charge in [0, 0.05) is 12.1 Å². The second-order valence-corrected chi connectivity index (χ2v) is 7.03. The highest BCUT2D eigenvalue weighted by Gasteiger charge is 2.31. The molecular formula is C22H23N3O. The van der Waals surface area contributed by atoms with Gasteiger partial charge in [0.2, 0.25) is 0 Å². The minimum atomic E-state index is 0.175. The predicted molar refractivity (Wildman–Crippen MR) is 104 cm³/mol. The molecule has 0 saturated carbocycles. The molecule has 1 aliphatic rings. The van der Waals surface area contributed by atoms with Crippen LogP contribution in [0.4, 0.5) is 11.5 Å². The number of carbonyl (C=O) groups excluding carboxylic acids is 1. The number of nitrogens with zero attached hydrogens (tertiary/aromatic N) is 2. The number of rotatable bonds is 4. The van der Waals surface area contributed by atoms with Gasteiger partial charge in [-0.25, -0.2) is 4.68 Å². The summed E-state index contributed by atoms with van der Waals surface area (Å²) in [6.45, 7) is 4.26. The first-order chi connectivity index (χ1) is 12.7. The number of para-hydroxylation sites is 1. The van der Waals surface area contributed by atoms with E-state index in [0.717, 1.165) is 35.5 Å². The molecule has 4 rings (SSSR count). The van der Waals surface area contributed by atoms with Crippen LogP contribution >= 0.6 is 0 Å². The summed E-state index contributed by atoms with van der Waals surface area (Å²) in [6.07, 6.45) is 2.45. The fourth-order valence-electron chi connectivity index (χ4n) is 3.59. The Morgan fingerprint density at radius 3 is 2.50 bits per heavy atom. The van der Waals surface area contributed by atoms with E-state index in [1.54, 1.807) is 0 Å². The Kier molecular flexibility index (Phi) is 4.33. The fourth-order valence-corrected chi connectivity index (χ4v) is 3.59. The summed E-state index contributed by atoms with van der Waals surface area (Å²) < 4.78 is 1.92. The topological polar surface area (TPSA) is 46.9 Å². The molecule has 1 aliphatic carbocycles. The predicted octanol–water partition coefficient (Wildman–Crippen LogP) is 4.94. The number of anilines is 2. The summed E-state index contributed by atoms with van der Waals surface area (Å²) in [5, 5.41) is 8.14. The monoisotopic (exact) mass is 345 g/mol. The number of fused-ring (bicyclic) bond motifs is 1. The molecule has 0 aliphatic heterocycles. The first-order valence-electron chi connectivity index (χ1n) is 9.22. The van der Waals surface area contributed by atoms with Crippen molar-refractivity contribution in [1.82, 2.24) is 9.78 Å². The van der Waals surface area contributed by atoms with E-state index in [2.05, 4.69) is 31.3 Å². The average molecular weight is 345 g/mol. The molecular weight excluding hydrogens is 322 g/mol. The van der Waals surface area contributed by atoms with E-state index in [1.807, 2.05) is 47.1 Å². The number of hydrogen-bond acceptors (Lipinski definition) is 3. The van der Waals surface area contributed by atoms with Crippen LogP contribution in [0.5, 0.6) is 0 Å². The van der Waals surface area contributed by atoms with Crippen LogP contribution in [0.1, 0.15) is 41.9 Å². The SMILES string of the molecule is CCc1ccc(Nc2nn(-c3ccccc3)c3c2C(=O)CC(C)C3)cc1. The van der Waals surface area contributed by atoms with Crippen molar-refractivity contribution in [3.05, 3.63) is 71.4 Å². The number of aromatic nitrogens is 2. The molecule has 0 bridgehead atoms. The van der Waals surface area contributed by atoms with Gasteiger partial charge in [0.25, 0.3) is 0 Å². The minimum absolute atomic E-state index is 0.175. The quantitative estimate of drug-likeness (QED) is 0.728. The highest BCUT2D eigenvalue weighted by Crippen LogP contribution is 2.33. The maximum atomic E-state index is 12.8. The molecule has 2 aromatic carbocycles. The maximum absolute atomic E-state index is 12.8. The van der Waals surface area contributed by atoms with Crippen LogP contribution in [-0.2, 0) is 12.8 Å². The van der Waals surface area contributed by atoms with E-state index in [0.29, 0.717) is 18.2 Å². The molecule has 0 fully saturated rings. The number of Topliss-reactive ketones (excluding diaryl/α,β-unsaturated/α-hetero) is 1. The van der Waals surface area contributed by atoms with Crippen molar-refractivity contribution in [3.8, 4) is 5.69 Å². The van der Waals surface area contributed by atoms with Crippen LogP contribution < -0.4 is 5.32 Å². The summed E-state index contributed by atoms with van der Waals surface area (Å²) in [5.74, 6) is 1.17. The molecule has 0 amide bonds. The first-order valence-corrected chi connectivity index (χ1v) is 9.22. The lowest BCUT2D eigenvalue weighted by Gasteiger charge is -2.19. The third kappa shape index (κ3) is 3.03. The summed E-state index contributed by atoms with van der Waals surface area (Å²) in [4.78, 5) is 12.8.